The molecule has 0 aromatic carbocycles. The SMILES string of the molecule is C=CCC(=O)Cc1ccc(Br)s1. The number of hydrogen-bond acceptors (Lipinski definition) is 2. The van der Waals surface area contributed by atoms with Crippen LogP contribution in [0.1, 0.15) is 11.3 Å². The zero-order chi connectivity index (χ0) is 8.97. The molecule has 0 unspecified atom stereocenters. The van der Waals surface area contributed by atoms with Crippen LogP contribution in [0.3, 0.4) is 0 Å². The van der Waals surface area contributed by atoms with Crippen LogP contribution in [0.4, 0.5) is 0 Å². The zero-order valence-electron chi connectivity index (χ0n) is 6.55. The predicted octanol–water partition coefficient (Wildman–Crippen LogP) is 3.20. The average Bonchev–Trinajstić information content (AvgIpc) is 2.36. The third-order valence-corrected chi connectivity index (χ3v) is 3.00. The van der Waals surface area contributed by atoms with Gasteiger partial charge >= 0.3 is 0 Å². The number of carbonyl (C=O) groups excluding carboxylic acids is 1. The molecule has 0 atom stereocenters. The van der Waals surface area contributed by atoms with Gasteiger partial charge in [0.05, 0.1) is 3.79 Å². The maximum atomic E-state index is 11.1. The molecule has 0 bridgehead atoms. The van der Waals surface area contributed by atoms with Gasteiger partial charge in [0.2, 0.25) is 0 Å². The van der Waals surface area contributed by atoms with Crippen LogP contribution in [0, 0.1) is 0 Å². The first kappa shape index (κ1) is 9.68. The molecule has 0 N–H and O–H groups in total. The summed E-state index contributed by atoms with van der Waals surface area (Å²) in [5.41, 5.74) is 0. The Balaban J connectivity index is 2.52. The van der Waals surface area contributed by atoms with E-state index in [0.717, 1.165) is 8.66 Å². The minimum Gasteiger partial charge on any atom is -0.299 e. The lowest BCUT2D eigenvalue weighted by molar-refractivity contribution is -0.117. The van der Waals surface area contributed by atoms with Crippen molar-refractivity contribution in [3.05, 3.63) is 33.5 Å². The monoisotopic (exact) mass is 244 g/mol. The molecule has 0 aliphatic carbocycles. The van der Waals surface area contributed by atoms with Crippen LogP contribution in [-0.4, -0.2) is 5.78 Å². The summed E-state index contributed by atoms with van der Waals surface area (Å²) in [7, 11) is 0. The molecule has 0 fully saturated rings. The van der Waals surface area contributed by atoms with Crippen molar-refractivity contribution in [3.63, 3.8) is 0 Å². The Hall–Kier alpha value is -0.410. The van der Waals surface area contributed by atoms with E-state index < -0.39 is 0 Å². The molecule has 0 radical (unpaired) electrons. The molecule has 12 heavy (non-hydrogen) atoms. The maximum Gasteiger partial charge on any atom is 0.141 e. The summed E-state index contributed by atoms with van der Waals surface area (Å²) in [4.78, 5) is 12.2. The lowest BCUT2D eigenvalue weighted by Gasteiger charge is -1.92. The first-order valence-corrected chi connectivity index (χ1v) is 5.20. The Morgan fingerprint density at radius 2 is 2.42 bits per heavy atom. The van der Waals surface area contributed by atoms with Gasteiger partial charge in [-0.25, -0.2) is 0 Å². The van der Waals surface area contributed by atoms with E-state index in [9.17, 15) is 4.79 Å². The molecular formula is C9H9BrOS. The summed E-state index contributed by atoms with van der Waals surface area (Å²) in [5.74, 6) is 0.222. The van der Waals surface area contributed by atoms with Gasteiger partial charge in [0, 0.05) is 17.7 Å². The lowest BCUT2D eigenvalue weighted by Crippen LogP contribution is -1.98. The van der Waals surface area contributed by atoms with E-state index in [-0.39, 0.29) is 5.78 Å². The van der Waals surface area contributed by atoms with E-state index in [4.69, 9.17) is 0 Å². The molecule has 1 aromatic rings. The molecule has 0 amide bonds. The second-order valence-electron chi connectivity index (χ2n) is 2.41. The van der Waals surface area contributed by atoms with E-state index in [0.29, 0.717) is 12.8 Å². The van der Waals surface area contributed by atoms with Crippen molar-refractivity contribution >= 4 is 33.0 Å². The van der Waals surface area contributed by atoms with Crippen molar-refractivity contribution in [3.8, 4) is 0 Å². The molecular weight excluding hydrogens is 236 g/mol. The second kappa shape index (κ2) is 4.58. The van der Waals surface area contributed by atoms with E-state index in [1.807, 2.05) is 12.1 Å². The molecule has 1 rings (SSSR count). The van der Waals surface area contributed by atoms with Gasteiger partial charge in [-0.3, -0.25) is 4.79 Å². The molecule has 0 saturated carbocycles. The fourth-order valence-electron chi connectivity index (χ4n) is 0.874. The summed E-state index contributed by atoms with van der Waals surface area (Å²) < 4.78 is 1.07. The van der Waals surface area contributed by atoms with Crippen LogP contribution < -0.4 is 0 Å². The predicted molar refractivity (Wildman–Crippen MR) is 55.5 cm³/mol. The number of thiophene rings is 1. The van der Waals surface area contributed by atoms with Gasteiger partial charge < -0.3 is 0 Å². The Kier molecular flexibility index (Phi) is 3.69. The third kappa shape index (κ3) is 2.91. The van der Waals surface area contributed by atoms with Gasteiger partial charge in [-0.1, -0.05) is 6.08 Å². The Morgan fingerprint density at radius 3 is 2.92 bits per heavy atom. The van der Waals surface area contributed by atoms with Crippen molar-refractivity contribution < 1.29 is 4.79 Å². The Bertz CT molecular complexity index is 290. The van der Waals surface area contributed by atoms with Gasteiger partial charge in [-0.05, 0) is 28.1 Å². The first-order valence-electron chi connectivity index (χ1n) is 3.59. The van der Waals surface area contributed by atoms with E-state index >= 15 is 0 Å². The average molecular weight is 245 g/mol. The van der Waals surface area contributed by atoms with Gasteiger partial charge in [0.25, 0.3) is 0 Å². The van der Waals surface area contributed by atoms with Crippen LogP contribution in [0.5, 0.6) is 0 Å². The highest BCUT2D eigenvalue weighted by Crippen LogP contribution is 2.22. The minimum atomic E-state index is 0.222. The number of ketones is 1. The molecule has 1 nitrogen and oxygen atoms in total. The molecule has 0 aliphatic heterocycles. The summed E-state index contributed by atoms with van der Waals surface area (Å²) in [6.07, 6.45) is 2.64. The quantitative estimate of drug-likeness (QED) is 0.744. The van der Waals surface area contributed by atoms with Crippen LogP contribution in [0.2, 0.25) is 0 Å². The van der Waals surface area contributed by atoms with E-state index in [1.165, 1.54) is 0 Å². The number of halogens is 1. The van der Waals surface area contributed by atoms with Gasteiger partial charge in [0.15, 0.2) is 0 Å². The number of carbonyl (C=O) groups is 1. The molecule has 3 heteroatoms. The number of allylic oxidation sites excluding steroid dienone is 1. The Labute approximate surface area is 84.2 Å². The third-order valence-electron chi connectivity index (χ3n) is 1.37. The van der Waals surface area contributed by atoms with Crippen LogP contribution in [0.25, 0.3) is 0 Å². The molecule has 64 valence electrons. The minimum absolute atomic E-state index is 0.222. The smallest absolute Gasteiger partial charge is 0.141 e. The largest absolute Gasteiger partial charge is 0.299 e. The van der Waals surface area contributed by atoms with Crippen LogP contribution >= 0.6 is 27.3 Å². The normalized spacial score (nSPS) is 9.75. The highest BCUT2D eigenvalue weighted by Gasteiger charge is 2.03. The van der Waals surface area contributed by atoms with Gasteiger partial charge in [-0.15, -0.1) is 17.9 Å². The van der Waals surface area contributed by atoms with Crippen LogP contribution in [0.15, 0.2) is 28.6 Å². The molecule has 0 saturated heterocycles. The van der Waals surface area contributed by atoms with Crippen molar-refractivity contribution in [2.45, 2.75) is 12.8 Å². The second-order valence-corrected chi connectivity index (χ2v) is 4.96. The number of hydrogen-bond donors (Lipinski definition) is 0. The first-order chi connectivity index (χ1) is 5.72. The van der Waals surface area contributed by atoms with Crippen molar-refractivity contribution in [2.75, 3.05) is 0 Å². The molecule has 0 aliphatic rings. The lowest BCUT2D eigenvalue weighted by atomic mass is 10.2. The molecule has 1 aromatic heterocycles. The van der Waals surface area contributed by atoms with Crippen molar-refractivity contribution in [1.29, 1.82) is 0 Å². The number of Topliss-reactive ketones (excluding diaryl/α,β-unsaturated/α-hetero) is 1. The van der Waals surface area contributed by atoms with Gasteiger partial charge in [-0.2, -0.15) is 0 Å². The van der Waals surface area contributed by atoms with E-state index in [2.05, 4.69) is 22.5 Å². The highest BCUT2D eigenvalue weighted by molar-refractivity contribution is 9.11. The topological polar surface area (TPSA) is 17.1 Å². The zero-order valence-corrected chi connectivity index (χ0v) is 8.95. The summed E-state index contributed by atoms with van der Waals surface area (Å²) >= 11 is 4.95. The highest BCUT2D eigenvalue weighted by atomic mass is 79.9. The molecule has 1 heterocycles. The fourth-order valence-corrected chi connectivity index (χ4v) is 2.39. The number of rotatable bonds is 4. The van der Waals surface area contributed by atoms with Crippen LogP contribution in [-0.2, 0) is 11.2 Å². The summed E-state index contributed by atoms with van der Waals surface area (Å²) in [6.45, 7) is 3.52. The van der Waals surface area contributed by atoms with Gasteiger partial charge in [0.1, 0.15) is 5.78 Å². The van der Waals surface area contributed by atoms with Crippen molar-refractivity contribution in [1.82, 2.24) is 0 Å². The standard InChI is InChI=1S/C9H9BrOS/c1-2-3-7(11)6-8-4-5-9(10)12-8/h2,4-5H,1,3,6H2. The maximum absolute atomic E-state index is 11.1. The fraction of sp³-hybridized carbons (Fsp3) is 0.222. The van der Waals surface area contributed by atoms with E-state index in [1.54, 1.807) is 17.4 Å². The Morgan fingerprint density at radius 1 is 1.67 bits per heavy atom. The van der Waals surface area contributed by atoms with Crippen molar-refractivity contribution in [2.24, 2.45) is 0 Å². The summed E-state index contributed by atoms with van der Waals surface area (Å²) in [6, 6.07) is 3.93. The molecule has 0 spiro atoms. The summed E-state index contributed by atoms with van der Waals surface area (Å²) in [5, 5.41) is 0.